The molecule has 0 saturated carbocycles. The highest BCUT2D eigenvalue weighted by Gasteiger charge is 2.18. The molecule has 0 amide bonds. The molecule has 0 atom stereocenters. The van der Waals surface area contributed by atoms with Gasteiger partial charge >= 0.3 is 0 Å². The van der Waals surface area contributed by atoms with Crippen LogP contribution < -0.4 is 5.01 Å². The summed E-state index contributed by atoms with van der Waals surface area (Å²) in [4.78, 5) is 4.65. The van der Waals surface area contributed by atoms with Crippen LogP contribution >= 0.6 is 11.3 Å². The first kappa shape index (κ1) is 12.5. The van der Waals surface area contributed by atoms with Crippen molar-refractivity contribution in [2.24, 2.45) is 5.10 Å². The van der Waals surface area contributed by atoms with Crippen molar-refractivity contribution in [1.82, 2.24) is 4.98 Å². The molecule has 21 heavy (non-hydrogen) atoms. The third-order valence-corrected chi connectivity index (χ3v) is 4.89. The molecular weight excluding hydrogens is 278 g/mol. The van der Waals surface area contributed by atoms with Crippen LogP contribution in [0.3, 0.4) is 0 Å². The van der Waals surface area contributed by atoms with Gasteiger partial charge in [-0.25, -0.2) is 9.99 Å². The van der Waals surface area contributed by atoms with Gasteiger partial charge in [0.25, 0.3) is 0 Å². The molecule has 0 radical (unpaired) electrons. The molecule has 1 aromatic heterocycles. The van der Waals surface area contributed by atoms with Crippen molar-refractivity contribution in [1.29, 1.82) is 0 Å². The third-order valence-electron chi connectivity index (χ3n) is 3.79. The van der Waals surface area contributed by atoms with Crippen LogP contribution in [0.1, 0.15) is 17.5 Å². The predicted molar refractivity (Wildman–Crippen MR) is 89.3 cm³/mol. The number of hydrogen-bond donors (Lipinski definition) is 0. The molecule has 0 aliphatic heterocycles. The molecule has 0 N–H and O–H groups in total. The zero-order chi connectivity index (χ0) is 14.2. The monoisotopic (exact) mass is 293 g/mol. The Bertz CT molecular complexity index is 802. The lowest BCUT2D eigenvalue weighted by Crippen LogP contribution is -2.12. The number of nitrogens with zero attached hydrogens (tertiary/aromatic N) is 3. The molecule has 104 valence electrons. The smallest absolute Gasteiger partial charge is 0.206 e. The maximum Gasteiger partial charge on any atom is 0.206 e. The number of benzene rings is 2. The molecule has 0 fully saturated rings. The van der Waals surface area contributed by atoms with Gasteiger partial charge in [-0.05, 0) is 30.5 Å². The van der Waals surface area contributed by atoms with Crippen molar-refractivity contribution in [3.8, 4) is 0 Å². The Hall–Kier alpha value is -2.20. The Labute approximate surface area is 127 Å². The van der Waals surface area contributed by atoms with E-state index in [2.05, 4.69) is 35.3 Å². The van der Waals surface area contributed by atoms with Gasteiger partial charge in [-0.3, -0.25) is 0 Å². The largest absolute Gasteiger partial charge is 0.242 e. The van der Waals surface area contributed by atoms with E-state index in [1.807, 2.05) is 30.3 Å². The molecule has 0 saturated heterocycles. The summed E-state index contributed by atoms with van der Waals surface area (Å²) in [5.74, 6) is 0. The van der Waals surface area contributed by atoms with Gasteiger partial charge < -0.3 is 0 Å². The number of fused-ring (bicyclic) bond motifs is 2. The quantitative estimate of drug-likeness (QED) is 0.666. The van der Waals surface area contributed by atoms with E-state index in [0.29, 0.717) is 0 Å². The van der Waals surface area contributed by atoms with Crippen LogP contribution in [-0.2, 0) is 6.42 Å². The van der Waals surface area contributed by atoms with Crippen LogP contribution in [0.5, 0.6) is 0 Å². The Balaban J connectivity index is 1.69. The van der Waals surface area contributed by atoms with Crippen molar-refractivity contribution in [2.75, 3.05) is 12.1 Å². The Morgan fingerprint density at radius 1 is 1.05 bits per heavy atom. The minimum Gasteiger partial charge on any atom is -0.242 e. The zero-order valence-corrected chi connectivity index (χ0v) is 12.6. The summed E-state index contributed by atoms with van der Waals surface area (Å²) in [6.07, 6.45) is 2.09. The standard InChI is InChI=1S/C17H15N3S/c1-20(17-18-15-8-4-5-9-16(15)21-17)19-14-11-10-12-6-2-3-7-13(12)14/h2-9H,10-11H2,1H3/b19-14+. The van der Waals surface area contributed by atoms with Crippen LogP contribution in [0, 0.1) is 0 Å². The van der Waals surface area contributed by atoms with E-state index in [-0.39, 0.29) is 0 Å². The number of thiazole rings is 1. The van der Waals surface area contributed by atoms with E-state index in [0.717, 1.165) is 29.2 Å². The predicted octanol–water partition coefficient (Wildman–Crippen LogP) is 4.08. The van der Waals surface area contributed by atoms with Gasteiger partial charge in [-0.1, -0.05) is 47.7 Å². The molecule has 4 rings (SSSR count). The van der Waals surface area contributed by atoms with Crippen LogP contribution in [0.25, 0.3) is 10.2 Å². The average molecular weight is 293 g/mol. The Morgan fingerprint density at radius 2 is 1.86 bits per heavy atom. The maximum absolute atomic E-state index is 4.78. The SMILES string of the molecule is CN(/N=C1\CCc2ccccc21)c1nc2ccccc2s1. The Kier molecular flexibility index (Phi) is 2.97. The van der Waals surface area contributed by atoms with E-state index < -0.39 is 0 Å². The number of hydrogen-bond acceptors (Lipinski definition) is 4. The van der Waals surface area contributed by atoms with E-state index in [9.17, 15) is 0 Å². The first-order chi connectivity index (χ1) is 10.3. The van der Waals surface area contributed by atoms with Crippen molar-refractivity contribution in [2.45, 2.75) is 12.8 Å². The van der Waals surface area contributed by atoms with E-state index in [1.54, 1.807) is 11.3 Å². The first-order valence-electron chi connectivity index (χ1n) is 7.06. The van der Waals surface area contributed by atoms with Crippen LogP contribution in [0.4, 0.5) is 5.13 Å². The third kappa shape index (κ3) is 2.21. The fourth-order valence-electron chi connectivity index (χ4n) is 2.73. The number of anilines is 1. The fraction of sp³-hybridized carbons (Fsp3) is 0.176. The molecule has 3 aromatic rings. The lowest BCUT2D eigenvalue weighted by Gasteiger charge is -2.10. The second kappa shape index (κ2) is 4.97. The molecular formula is C17H15N3S. The molecule has 1 heterocycles. The topological polar surface area (TPSA) is 28.5 Å². The lowest BCUT2D eigenvalue weighted by molar-refractivity contribution is 0.989. The van der Waals surface area contributed by atoms with Crippen molar-refractivity contribution in [3.63, 3.8) is 0 Å². The summed E-state index contributed by atoms with van der Waals surface area (Å²) in [5.41, 5.74) is 4.88. The van der Waals surface area contributed by atoms with E-state index in [4.69, 9.17) is 5.10 Å². The molecule has 0 bridgehead atoms. The van der Waals surface area contributed by atoms with Gasteiger partial charge in [-0.2, -0.15) is 5.10 Å². The minimum absolute atomic E-state index is 0.938. The second-order valence-electron chi connectivity index (χ2n) is 5.19. The highest BCUT2D eigenvalue weighted by molar-refractivity contribution is 7.22. The number of para-hydroxylation sites is 1. The number of hydrazone groups is 1. The van der Waals surface area contributed by atoms with Gasteiger partial charge in [0.1, 0.15) is 0 Å². The van der Waals surface area contributed by atoms with Gasteiger partial charge in [-0.15, -0.1) is 0 Å². The van der Waals surface area contributed by atoms with Crippen LogP contribution in [-0.4, -0.2) is 17.7 Å². The normalized spacial score (nSPS) is 15.6. The van der Waals surface area contributed by atoms with Gasteiger partial charge in [0.05, 0.1) is 15.9 Å². The van der Waals surface area contributed by atoms with E-state index in [1.165, 1.54) is 15.8 Å². The molecule has 3 nitrogen and oxygen atoms in total. The summed E-state index contributed by atoms with van der Waals surface area (Å²) >= 11 is 1.68. The Morgan fingerprint density at radius 3 is 2.76 bits per heavy atom. The lowest BCUT2D eigenvalue weighted by atomic mass is 10.1. The molecule has 2 aromatic carbocycles. The molecule has 4 heteroatoms. The zero-order valence-electron chi connectivity index (χ0n) is 11.8. The van der Waals surface area contributed by atoms with Gasteiger partial charge in [0, 0.05) is 12.6 Å². The maximum atomic E-state index is 4.78. The molecule has 0 unspecified atom stereocenters. The summed E-state index contributed by atoms with van der Waals surface area (Å²) in [7, 11) is 1.98. The number of aromatic nitrogens is 1. The molecule has 0 spiro atoms. The average Bonchev–Trinajstić information content (AvgIpc) is 3.11. The summed E-state index contributed by atoms with van der Waals surface area (Å²) in [5, 5.41) is 7.62. The fourth-order valence-corrected chi connectivity index (χ4v) is 3.61. The van der Waals surface area contributed by atoms with Crippen LogP contribution in [0.2, 0.25) is 0 Å². The minimum atomic E-state index is 0.938. The summed E-state index contributed by atoms with van der Waals surface area (Å²) < 4.78 is 1.20. The van der Waals surface area contributed by atoms with Crippen LogP contribution in [0.15, 0.2) is 53.6 Å². The summed E-state index contributed by atoms with van der Waals surface area (Å²) in [6, 6.07) is 16.7. The number of rotatable bonds is 2. The van der Waals surface area contributed by atoms with Crippen molar-refractivity contribution in [3.05, 3.63) is 59.7 Å². The van der Waals surface area contributed by atoms with Crippen molar-refractivity contribution >= 4 is 32.4 Å². The van der Waals surface area contributed by atoms with Crippen molar-refractivity contribution < 1.29 is 0 Å². The first-order valence-corrected chi connectivity index (χ1v) is 7.88. The highest BCUT2D eigenvalue weighted by Crippen LogP contribution is 2.29. The second-order valence-corrected chi connectivity index (χ2v) is 6.20. The van der Waals surface area contributed by atoms with Gasteiger partial charge in [0.15, 0.2) is 0 Å². The molecule has 1 aliphatic rings. The molecule has 1 aliphatic carbocycles. The highest BCUT2D eigenvalue weighted by atomic mass is 32.1. The number of aryl methyl sites for hydroxylation is 1. The summed E-state index contributed by atoms with van der Waals surface area (Å²) in [6.45, 7) is 0. The van der Waals surface area contributed by atoms with E-state index >= 15 is 0 Å². The van der Waals surface area contributed by atoms with Gasteiger partial charge in [0.2, 0.25) is 5.13 Å².